The minimum Gasteiger partial charge on any atom is -0.379 e. The fourth-order valence-electron chi connectivity index (χ4n) is 2.30. The third-order valence-corrected chi connectivity index (χ3v) is 4.95. The molecule has 1 rings (SSSR count). The molecular weight excluding hydrogens is 280 g/mol. The van der Waals surface area contributed by atoms with Crippen LogP contribution in [-0.4, -0.2) is 30.2 Å². The Hall–Kier alpha value is 0.400. The zero-order chi connectivity index (χ0) is 12.8. The van der Waals surface area contributed by atoms with Gasteiger partial charge in [-0.05, 0) is 33.1 Å². The van der Waals surface area contributed by atoms with Gasteiger partial charge in [-0.25, -0.2) is 0 Å². The third-order valence-electron chi connectivity index (χ3n) is 3.92. The Morgan fingerprint density at radius 3 is 2.18 bits per heavy atom. The maximum atomic E-state index is 6.21. The van der Waals surface area contributed by atoms with Crippen LogP contribution in [0.15, 0.2) is 0 Å². The van der Waals surface area contributed by atoms with Gasteiger partial charge in [-0.15, -0.1) is 0 Å². The van der Waals surface area contributed by atoms with E-state index >= 15 is 0 Å². The number of ether oxygens (including phenoxy) is 2. The minimum atomic E-state index is -0.0712. The van der Waals surface area contributed by atoms with Crippen LogP contribution in [0.4, 0.5) is 0 Å². The first kappa shape index (κ1) is 15.5. The summed E-state index contributed by atoms with van der Waals surface area (Å²) in [7, 11) is 1.77. The number of halogens is 1. The van der Waals surface area contributed by atoms with Gasteiger partial charge in [-0.1, -0.05) is 41.6 Å². The SMILES string of the molecule is COC(C)(C)CCOC1(CBr)CCCCCC1. The predicted octanol–water partition coefficient (Wildman–Crippen LogP) is 4.31. The second-order valence-corrected chi connectivity index (χ2v) is 6.35. The molecule has 0 aromatic heterocycles. The van der Waals surface area contributed by atoms with Gasteiger partial charge < -0.3 is 9.47 Å². The molecule has 102 valence electrons. The van der Waals surface area contributed by atoms with Crippen LogP contribution in [0.3, 0.4) is 0 Å². The summed E-state index contributed by atoms with van der Waals surface area (Å²) >= 11 is 3.64. The van der Waals surface area contributed by atoms with Gasteiger partial charge in [0.15, 0.2) is 0 Å². The smallest absolute Gasteiger partial charge is 0.0778 e. The number of alkyl halides is 1. The Balaban J connectivity index is 2.40. The van der Waals surface area contributed by atoms with Crippen LogP contribution >= 0.6 is 15.9 Å². The van der Waals surface area contributed by atoms with Crippen molar-refractivity contribution in [2.75, 3.05) is 19.0 Å². The lowest BCUT2D eigenvalue weighted by molar-refractivity contribution is -0.0695. The van der Waals surface area contributed by atoms with E-state index in [0.717, 1.165) is 18.4 Å². The van der Waals surface area contributed by atoms with Crippen molar-refractivity contribution < 1.29 is 9.47 Å². The van der Waals surface area contributed by atoms with Crippen LogP contribution in [0.5, 0.6) is 0 Å². The third kappa shape index (κ3) is 5.27. The minimum absolute atomic E-state index is 0.0712. The van der Waals surface area contributed by atoms with E-state index in [-0.39, 0.29) is 11.2 Å². The van der Waals surface area contributed by atoms with E-state index in [9.17, 15) is 0 Å². The molecule has 0 spiro atoms. The van der Waals surface area contributed by atoms with E-state index in [1.54, 1.807) is 7.11 Å². The molecule has 0 unspecified atom stereocenters. The van der Waals surface area contributed by atoms with Crippen LogP contribution in [-0.2, 0) is 9.47 Å². The average Bonchev–Trinajstić information content (AvgIpc) is 2.55. The van der Waals surface area contributed by atoms with Crippen molar-refractivity contribution >= 4 is 15.9 Å². The van der Waals surface area contributed by atoms with Gasteiger partial charge >= 0.3 is 0 Å². The molecule has 0 atom stereocenters. The molecule has 0 radical (unpaired) electrons. The number of hydrogen-bond acceptors (Lipinski definition) is 2. The highest BCUT2D eigenvalue weighted by molar-refractivity contribution is 9.09. The normalized spacial score (nSPS) is 21.2. The van der Waals surface area contributed by atoms with Crippen molar-refractivity contribution in [2.24, 2.45) is 0 Å². The molecule has 1 saturated carbocycles. The second-order valence-electron chi connectivity index (χ2n) is 5.79. The van der Waals surface area contributed by atoms with Crippen molar-refractivity contribution in [3.63, 3.8) is 0 Å². The predicted molar refractivity (Wildman–Crippen MR) is 75.9 cm³/mol. The number of rotatable bonds is 6. The summed E-state index contributed by atoms with van der Waals surface area (Å²) in [6.45, 7) is 5.03. The molecule has 1 aliphatic rings. The first-order valence-electron chi connectivity index (χ1n) is 6.79. The van der Waals surface area contributed by atoms with Crippen LogP contribution in [0.25, 0.3) is 0 Å². The fourth-order valence-corrected chi connectivity index (χ4v) is 3.03. The number of methoxy groups -OCH3 is 1. The van der Waals surface area contributed by atoms with Crippen molar-refractivity contribution in [3.8, 4) is 0 Å². The average molecular weight is 307 g/mol. The molecule has 0 aliphatic heterocycles. The molecule has 1 fully saturated rings. The van der Waals surface area contributed by atoms with Crippen LogP contribution in [0, 0.1) is 0 Å². The molecular formula is C14H27BrO2. The lowest BCUT2D eigenvalue weighted by Gasteiger charge is -2.33. The molecule has 0 N–H and O–H groups in total. The molecule has 1 aliphatic carbocycles. The van der Waals surface area contributed by atoms with E-state index in [2.05, 4.69) is 29.8 Å². The second kappa shape index (κ2) is 7.10. The van der Waals surface area contributed by atoms with Crippen LogP contribution < -0.4 is 0 Å². The zero-order valence-corrected chi connectivity index (χ0v) is 13.1. The lowest BCUT2D eigenvalue weighted by Crippen LogP contribution is -2.36. The number of hydrogen-bond donors (Lipinski definition) is 0. The van der Waals surface area contributed by atoms with Gasteiger partial charge in [0, 0.05) is 12.4 Å². The largest absolute Gasteiger partial charge is 0.379 e. The van der Waals surface area contributed by atoms with Crippen molar-refractivity contribution in [3.05, 3.63) is 0 Å². The van der Waals surface area contributed by atoms with Gasteiger partial charge in [-0.3, -0.25) is 0 Å². The van der Waals surface area contributed by atoms with Crippen LogP contribution in [0.1, 0.15) is 58.8 Å². The molecule has 0 saturated heterocycles. The Morgan fingerprint density at radius 2 is 1.71 bits per heavy atom. The molecule has 17 heavy (non-hydrogen) atoms. The summed E-state index contributed by atoms with van der Waals surface area (Å²) in [5.74, 6) is 0. The Kier molecular flexibility index (Phi) is 6.46. The summed E-state index contributed by atoms with van der Waals surface area (Å²) < 4.78 is 11.6. The Labute approximate surface area is 115 Å². The molecule has 0 amide bonds. The zero-order valence-electron chi connectivity index (χ0n) is 11.6. The monoisotopic (exact) mass is 306 g/mol. The van der Waals surface area contributed by atoms with Gasteiger partial charge in [0.25, 0.3) is 0 Å². The van der Waals surface area contributed by atoms with Gasteiger partial charge in [-0.2, -0.15) is 0 Å². The maximum Gasteiger partial charge on any atom is 0.0778 e. The van der Waals surface area contributed by atoms with E-state index in [1.807, 2.05) is 0 Å². The summed E-state index contributed by atoms with van der Waals surface area (Å²) in [5.41, 5.74) is 0.0125. The highest BCUT2D eigenvalue weighted by Crippen LogP contribution is 2.32. The van der Waals surface area contributed by atoms with E-state index < -0.39 is 0 Å². The van der Waals surface area contributed by atoms with Gasteiger partial charge in [0.05, 0.1) is 17.8 Å². The first-order chi connectivity index (χ1) is 8.04. The highest BCUT2D eigenvalue weighted by atomic mass is 79.9. The molecule has 0 bridgehead atoms. The van der Waals surface area contributed by atoms with E-state index in [1.165, 1.54) is 38.5 Å². The first-order valence-corrected chi connectivity index (χ1v) is 7.91. The van der Waals surface area contributed by atoms with Gasteiger partial charge in [0.2, 0.25) is 0 Å². The van der Waals surface area contributed by atoms with Crippen molar-refractivity contribution in [1.29, 1.82) is 0 Å². The summed E-state index contributed by atoms with van der Waals surface area (Å²) in [5, 5.41) is 0.966. The van der Waals surface area contributed by atoms with Crippen LogP contribution in [0.2, 0.25) is 0 Å². The Bertz CT molecular complexity index is 208. The quantitative estimate of drug-likeness (QED) is 0.538. The Morgan fingerprint density at radius 1 is 1.12 bits per heavy atom. The summed E-state index contributed by atoms with van der Waals surface area (Å²) in [6, 6.07) is 0. The van der Waals surface area contributed by atoms with Crippen molar-refractivity contribution in [1.82, 2.24) is 0 Å². The molecule has 0 heterocycles. The standard InChI is InChI=1S/C14H27BrO2/c1-13(2,16-3)10-11-17-14(12-15)8-6-4-5-7-9-14/h4-12H2,1-3H3. The topological polar surface area (TPSA) is 18.5 Å². The van der Waals surface area contributed by atoms with E-state index in [0.29, 0.717) is 0 Å². The van der Waals surface area contributed by atoms with E-state index in [4.69, 9.17) is 9.47 Å². The molecule has 2 nitrogen and oxygen atoms in total. The fraction of sp³-hybridized carbons (Fsp3) is 1.00. The molecule has 0 aromatic rings. The molecule has 0 aromatic carbocycles. The molecule has 3 heteroatoms. The highest BCUT2D eigenvalue weighted by Gasteiger charge is 2.31. The summed E-state index contributed by atoms with van der Waals surface area (Å²) in [6.07, 6.45) is 8.69. The summed E-state index contributed by atoms with van der Waals surface area (Å²) in [4.78, 5) is 0. The maximum absolute atomic E-state index is 6.21. The lowest BCUT2D eigenvalue weighted by atomic mass is 9.96. The van der Waals surface area contributed by atoms with Crippen molar-refractivity contribution in [2.45, 2.75) is 70.0 Å². The van der Waals surface area contributed by atoms with Gasteiger partial charge in [0.1, 0.15) is 0 Å².